The van der Waals surface area contributed by atoms with Crippen LogP contribution in [0.15, 0.2) is 66.9 Å². The third-order valence-electron chi connectivity index (χ3n) is 4.12. The number of carbonyl (C=O) groups excluding carboxylic acids is 2. The van der Waals surface area contributed by atoms with Gasteiger partial charge in [0.15, 0.2) is 0 Å². The number of carbonyl (C=O) groups is 2. The van der Waals surface area contributed by atoms with Crippen molar-refractivity contribution in [3.63, 3.8) is 0 Å². The minimum absolute atomic E-state index is 0.247. The number of amides is 2. The predicted octanol–water partition coefficient (Wildman–Crippen LogP) is 4.38. The van der Waals surface area contributed by atoms with E-state index in [1.54, 1.807) is 66.9 Å². The van der Waals surface area contributed by atoms with Crippen LogP contribution in [0.25, 0.3) is 0 Å². The Hall–Kier alpha value is -3.87. The number of benzene rings is 2. The van der Waals surface area contributed by atoms with Crippen LogP contribution in [-0.2, 0) is 0 Å². The number of hydrogen-bond acceptors (Lipinski definition) is 5. The molecule has 0 unspecified atom stereocenters. The Labute approximate surface area is 175 Å². The van der Waals surface area contributed by atoms with Gasteiger partial charge in [0.1, 0.15) is 11.3 Å². The van der Waals surface area contributed by atoms with Crippen molar-refractivity contribution in [3.05, 3.63) is 78.0 Å². The first kappa shape index (κ1) is 20.9. The minimum Gasteiger partial charge on any atom is -0.494 e. The lowest BCUT2D eigenvalue weighted by Crippen LogP contribution is -2.15. The monoisotopic (exact) mass is 405 g/mol. The van der Waals surface area contributed by atoms with Crippen molar-refractivity contribution in [2.75, 3.05) is 23.8 Å². The van der Waals surface area contributed by atoms with Gasteiger partial charge >= 0.3 is 0 Å². The summed E-state index contributed by atoms with van der Waals surface area (Å²) in [5, 5.41) is 5.61. The second kappa shape index (κ2) is 10.1. The molecular weight excluding hydrogens is 382 g/mol. The molecule has 2 N–H and O–H groups in total. The minimum atomic E-state index is -0.335. The molecule has 0 radical (unpaired) electrons. The largest absolute Gasteiger partial charge is 0.494 e. The number of ether oxygens (including phenoxy) is 2. The molecular formula is C23H23N3O4. The quantitative estimate of drug-likeness (QED) is 0.580. The summed E-state index contributed by atoms with van der Waals surface area (Å²) in [5.74, 6) is 0.446. The van der Waals surface area contributed by atoms with Crippen LogP contribution in [0.3, 0.4) is 0 Å². The molecule has 3 rings (SSSR count). The molecule has 7 nitrogen and oxygen atoms in total. The van der Waals surface area contributed by atoms with E-state index in [2.05, 4.69) is 15.6 Å². The lowest BCUT2D eigenvalue weighted by atomic mass is 10.1. The van der Waals surface area contributed by atoms with E-state index >= 15 is 0 Å². The average molecular weight is 405 g/mol. The highest BCUT2D eigenvalue weighted by Gasteiger charge is 2.14. The van der Waals surface area contributed by atoms with Gasteiger partial charge in [-0.15, -0.1) is 0 Å². The molecule has 1 heterocycles. The van der Waals surface area contributed by atoms with E-state index in [0.29, 0.717) is 35.7 Å². The van der Waals surface area contributed by atoms with Gasteiger partial charge in [0.25, 0.3) is 11.8 Å². The molecule has 2 amide bonds. The molecule has 0 fully saturated rings. The summed E-state index contributed by atoms with van der Waals surface area (Å²) in [4.78, 5) is 29.0. The number of hydrogen-bond donors (Lipinski definition) is 2. The van der Waals surface area contributed by atoms with Crippen LogP contribution < -0.4 is 20.1 Å². The van der Waals surface area contributed by atoms with E-state index in [0.717, 1.165) is 5.75 Å². The van der Waals surface area contributed by atoms with Crippen LogP contribution in [0, 0.1) is 0 Å². The number of nitrogens with zero attached hydrogens (tertiary/aromatic N) is 1. The molecule has 3 aromatic rings. The lowest BCUT2D eigenvalue weighted by molar-refractivity contribution is 0.101. The zero-order valence-electron chi connectivity index (χ0n) is 16.8. The van der Waals surface area contributed by atoms with Crippen molar-refractivity contribution in [2.24, 2.45) is 0 Å². The van der Waals surface area contributed by atoms with Gasteiger partial charge in [-0.2, -0.15) is 0 Å². The molecule has 0 atom stereocenters. The molecule has 2 aromatic carbocycles. The molecule has 0 spiro atoms. The smallest absolute Gasteiger partial charge is 0.261 e. The molecule has 0 aliphatic rings. The van der Waals surface area contributed by atoms with Crippen molar-refractivity contribution in [1.82, 2.24) is 4.98 Å². The average Bonchev–Trinajstić information content (AvgIpc) is 2.76. The van der Waals surface area contributed by atoms with Gasteiger partial charge in [-0.25, -0.2) is 4.98 Å². The number of pyridine rings is 1. The first-order valence-corrected chi connectivity index (χ1v) is 9.64. The van der Waals surface area contributed by atoms with Gasteiger partial charge < -0.3 is 20.1 Å². The number of anilines is 2. The molecule has 1 aromatic heterocycles. The normalized spacial score (nSPS) is 10.2. The Morgan fingerprint density at radius 1 is 0.800 bits per heavy atom. The maximum atomic E-state index is 12.5. The van der Waals surface area contributed by atoms with Crippen molar-refractivity contribution < 1.29 is 19.1 Å². The van der Waals surface area contributed by atoms with Gasteiger partial charge in [0, 0.05) is 23.1 Å². The second-order valence-electron chi connectivity index (χ2n) is 6.23. The molecule has 0 saturated heterocycles. The standard InChI is InChI=1S/C23H23N3O4/c1-3-29-19-13-11-18(12-14-19)25-21(27)16-7-9-17(10-8-16)26-22(28)20-6-5-15-24-23(20)30-4-2/h5-15H,3-4H2,1-2H3,(H,25,27)(H,26,28). The van der Waals surface area contributed by atoms with Crippen LogP contribution in [0.4, 0.5) is 11.4 Å². The molecule has 0 aliphatic carbocycles. The summed E-state index contributed by atoms with van der Waals surface area (Å²) >= 11 is 0. The fraction of sp³-hybridized carbons (Fsp3) is 0.174. The van der Waals surface area contributed by atoms with Gasteiger partial charge in [-0.05, 0) is 74.5 Å². The van der Waals surface area contributed by atoms with Crippen molar-refractivity contribution in [1.29, 1.82) is 0 Å². The van der Waals surface area contributed by atoms with Gasteiger partial charge in [0.05, 0.1) is 13.2 Å². The highest BCUT2D eigenvalue weighted by molar-refractivity contribution is 6.07. The second-order valence-corrected chi connectivity index (χ2v) is 6.23. The Kier molecular flexibility index (Phi) is 7.00. The SMILES string of the molecule is CCOc1ccc(NC(=O)c2ccc(NC(=O)c3cccnc3OCC)cc2)cc1. The third kappa shape index (κ3) is 5.35. The van der Waals surface area contributed by atoms with E-state index in [1.165, 1.54) is 0 Å². The Bertz CT molecular complexity index is 1000. The molecule has 30 heavy (non-hydrogen) atoms. The van der Waals surface area contributed by atoms with E-state index in [9.17, 15) is 9.59 Å². The molecule has 7 heteroatoms. The Morgan fingerprint density at radius 2 is 1.40 bits per heavy atom. The molecule has 0 saturated carbocycles. The van der Waals surface area contributed by atoms with Crippen LogP contribution in [-0.4, -0.2) is 30.0 Å². The van der Waals surface area contributed by atoms with Crippen LogP contribution in [0.2, 0.25) is 0 Å². The zero-order valence-corrected chi connectivity index (χ0v) is 16.8. The van der Waals surface area contributed by atoms with Crippen molar-refractivity contribution >= 4 is 23.2 Å². The predicted molar refractivity (Wildman–Crippen MR) is 115 cm³/mol. The van der Waals surface area contributed by atoms with E-state index < -0.39 is 0 Å². The zero-order chi connectivity index (χ0) is 21.3. The molecule has 0 aliphatic heterocycles. The topological polar surface area (TPSA) is 89.6 Å². The number of nitrogens with one attached hydrogen (secondary N) is 2. The fourth-order valence-corrected chi connectivity index (χ4v) is 2.72. The Morgan fingerprint density at radius 3 is 2.03 bits per heavy atom. The van der Waals surface area contributed by atoms with Gasteiger partial charge in [0.2, 0.25) is 5.88 Å². The Balaban J connectivity index is 1.63. The van der Waals surface area contributed by atoms with E-state index in [4.69, 9.17) is 9.47 Å². The lowest BCUT2D eigenvalue weighted by Gasteiger charge is -2.10. The fourth-order valence-electron chi connectivity index (χ4n) is 2.72. The van der Waals surface area contributed by atoms with E-state index in [1.807, 2.05) is 13.8 Å². The summed E-state index contributed by atoms with van der Waals surface area (Å²) in [6.45, 7) is 4.74. The van der Waals surface area contributed by atoms with Crippen LogP contribution in [0.1, 0.15) is 34.6 Å². The maximum absolute atomic E-state index is 12.5. The van der Waals surface area contributed by atoms with Crippen molar-refractivity contribution in [3.8, 4) is 11.6 Å². The summed E-state index contributed by atoms with van der Waals surface area (Å²) < 4.78 is 10.8. The maximum Gasteiger partial charge on any atom is 0.261 e. The van der Waals surface area contributed by atoms with E-state index in [-0.39, 0.29) is 17.7 Å². The molecule has 154 valence electrons. The van der Waals surface area contributed by atoms with Crippen LogP contribution >= 0.6 is 0 Å². The number of rotatable bonds is 8. The summed E-state index contributed by atoms with van der Waals surface area (Å²) in [6, 6.07) is 17.1. The highest BCUT2D eigenvalue weighted by atomic mass is 16.5. The number of aromatic nitrogens is 1. The van der Waals surface area contributed by atoms with Gasteiger partial charge in [-0.3, -0.25) is 9.59 Å². The van der Waals surface area contributed by atoms with Crippen molar-refractivity contribution in [2.45, 2.75) is 13.8 Å². The first-order chi connectivity index (χ1) is 14.6. The summed E-state index contributed by atoms with van der Waals surface area (Å²) in [5.41, 5.74) is 2.04. The molecule has 0 bridgehead atoms. The summed E-state index contributed by atoms with van der Waals surface area (Å²) in [7, 11) is 0. The third-order valence-corrected chi connectivity index (χ3v) is 4.12. The van der Waals surface area contributed by atoms with Crippen LogP contribution in [0.5, 0.6) is 11.6 Å². The van der Waals surface area contributed by atoms with Gasteiger partial charge in [-0.1, -0.05) is 0 Å². The summed E-state index contributed by atoms with van der Waals surface area (Å²) in [6.07, 6.45) is 1.57. The first-order valence-electron chi connectivity index (χ1n) is 9.64. The highest BCUT2D eigenvalue weighted by Crippen LogP contribution is 2.19.